The van der Waals surface area contributed by atoms with Gasteiger partial charge in [-0.1, -0.05) is 86.0 Å². The van der Waals surface area contributed by atoms with Gasteiger partial charge in [-0.25, -0.2) is 0 Å². The molecule has 0 nitrogen and oxygen atoms in total. The van der Waals surface area contributed by atoms with E-state index in [1.54, 1.807) is 0 Å². The molecule has 0 unspecified atom stereocenters. The Hall–Kier alpha value is -2.60. The van der Waals surface area contributed by atoms with Crippen LogP contribution in [0.15, 0.2) is 72.8 Å². The minimum Gasteiger partial charge on any atom is -0.0918 e. The molecule has 96 valence electrons. The Balaban J connectivity index is 2.27. The highest BCUT2D eigenvalue weighted by molar-refractivity contribution is 5.21. The third-order valence-corrected chi connectivity index (χ3v) is 3.46. The van der Waals surface area contributed by atoms with Crippen molar-refractivity contribution in [2.45, 2.75) is 0 Å². The van der Waals surface area contributed by atoms with Crippen LogP contribution >= 0.6 is 0 Å². The predicted octanol–water partition coefficient (Wildman–Crippen LogP) is 3.08. The Kier molecular flexibility index (Phi) is 3.22. The van der Waals surface area contributed by atoms with Crippen LogP contribution in [0.2, 0.25) is 0 Å². The first-order valence-corrected chi connectivity index (χ1v) is 6.67. The van der Waals surface area contributed by atoms with Crippen LogP contribution in [0.3, 0.4) is 0 Å². The van der Waals surface area contributed by atoms with Gasteiger partial charge < -0.3 is 0 Å². The average Bonchev–Trinajstić information content (AvgIpc) is 2.49. The van der Waals surface area contributed by atoms with Crippen LogP contribution < -0.4 is 10.4 Å². The zero-order chi connectivity index (χ0) is 13.9. The van der Waals surface area contributed by atoms with Crippen LogP contribution in [0.4, 0.5) is 0 Å². The molecule has 0 aliphatic rings. The summed E-state index contributed by atoms with van der Waals surface area (Å²) >= 11 is 0. The summed E-state index contributed by atoms with van der Waals surface area (Å²) in [5.41, 5.74) is 0. The van der Waals surface area contributed by atoms with Crippen molar-refractivity contribution >= 4 is 13.2 Å². The van der Waals surface area contributed by atoms with E-state index >= 15 is 0 Å². The third-order valence-electron chi connectivity index (χ3n) is 3.46. The fourth-order valence-corrected chi connectivity index (χ4v) is 2.25. The van der Waals surface area contributed by atoms with Gasteiger partial charge in [-0.05, 0) is 31.3 Å². The van der Waals surface area contributed by atoms with Crippen molar-refractivity contribution in [1.29, 1.82) is 0 Å². The molecule has 0 saturated carbocycles. The van der Waals surface area contributed by atoms with Gasteiger partial charge >= 0.3 is 0 Å². The van der Waals surface area contributed by atoms with E-state index in [-0.39, 0.29) is 0 Å². The van der Waals surface area contributed by atoms with Crippen molar-refractivity contribution in [3.8, 4) is 0 Å². The average molecular weight is 256 g/mol. The van der Waals surface area contributed by atoms with Crippen molar-refractivity contribution < 1.29 is 0 Å². The van der Waals surface area contributed by atoms with Gasteiger partial charge in [0, 0.05) is 0 Å². The lowest BCUT2D eigenvalue weighted by atomic mass is 10.1. The summed E-state index contributed by atoms with van der Waals surface area (Å²) in [5, 5.41) is 6.97. The Morgan fingerprint density at radius 3 is 0.800 bits per heavy atom. The van der Waals surface area contributed by atoms with Crippen LogP contribution in [0.5, 0.6) is 0 Å². The van der Waals surface area contributed by atoms with Gasteiger partial charge in [0.25, 0.3) is 0 Å². The van der Waals surface area contributed by atoms with Gasteiger partial charge in [0.15, 0.2) is 0 Å². The molecule has 3 aromatic carbocycles. The summed E-state index contributed by atoms with van der Waals surface area (Å²) in [4.78, 5) is 0. The summed E-state index contributed by atoms with van der Waals surface area (Å²) < 4.78 is 0. The largest absolute Gasteiger partial charge is 0.0918 e. The normalized spacial score (nSPS) is 10.4. The van der Waals surface area contributed by atoms with Gasteiger partial charge in [0.1, 0.15) is 0 Å². The lowest BCUT2D eigenvalue weighted by Crippen LogP contribution is -1.92. The second kappa shape index (κ2) is 5.18. The molecule has 3 aromatic rings. The molecule has 0 saturated heterocycles. The van der Waals surface area contributed by atoms with Gasteiger partial charge in [0.05, 0.1) is 0 Å². The van der Waals surface area contributed by atoms with Crippen LogP contribution in [0.25, 0.3) is 13.2 Å². The fraction of sp³-hybridized carbons (Fsp3) is 0. The van der Waals surface area contributed by atoms with Crippen molar-refractivity contribution in [1.82, 2.24) is 0 Å². The molecule has 0 fully saturated rings. The zero-order valence-corrected chi connectivity index (χ0v) is 11.3. The predicted molar refractivity (Wildman–Crippen MR) is 85.0 cm³/mol. The topological polar surface area (TPSA) is 0 Å². The summed E-state index contributed by atoms with van der Waals surface area (Å²) in [6.07, 6.45) is 0. The first-order chi connectivity index (χ1) is 9.72. The van der Waals surface area contributed by atoms with Gasteiger partial charge in [-0.3, -0.25) is 0 Å². The molecule has 0 aliphatic heterocycles. The highest BCUT2D eigenvalue weighted by atomic mass is 13.9. The molecule has 0 atom stereocenters. The Bertz CT molecular complexity index is 874. The van der Waals surface area contributed by atoms with E-state index in [4.69, 9.17) is 0 Å². The smallest absolute Gasteiger partial charge is 0.0184 e. The second-order valence-corrected chi connectivity index (χ2v) is 4.97. The molecule has 0 spiro atoms. The maximum absolute atomic E-state index is 3.91. The Labute approximate surface area is 118 Å². The summed E-state index contributed by atoms with van der Waals surface area (Å²) in [7, 11) is 0. The van der Waals surface area contributed by atoms with E-state index in [1.807, 2.05) is 24.3 Å². The molecular weight excluding hydrogens is 240 g/mol. The number of rotatable bonds is 0. The maximum Gasteiger partial charge on any atom is -0.0184 e. The highest BCUT2D eigenvalue weighted by Gasteiger charge is 1.85. The molecule has 0 heteroatoms. The first kappa shape index (κ1) is 12.4. The molecule has 20 heavy (non-hydrogen) atoms. The van der Waals surface area contributed by atoms with Crippen molar-refractivity contribution in [2.24, 2.45) is 0 Å². The monoisotopic (exact) mass is 256 g/mol. The number of hydrogen-bond donors (Lipinski definition) is 0. The van der Waals surface area contributed by atoms with E-state index < -0.39 is 0 Å². The molecule has 0 amide bonds. The zero-order valence-electron chi connectivity index (χ0n) is 11.3. The minimum atomic E-state index is 1.04. The van der Waals surface area contributed by atoms with Crippen molar-refractivity contribution in [2.75, 3.05) is 0 Å². The highest BCUT2D eigenvalue weighted by Crippen LogP contribution is 1.99. The molecule has 0 bridgehead atoms. The Morgan fingerprint density at radius 1 is 0.350 bits per heavy atom. The van der Waals surface area contributed by atoms with Crippen LogP contribution in [-0.2, 0) is 0 Å². The molecule has 0 aliphatic carbocycles. The molecule has 0 aromatic heterocycles. The standard InChI is InChI=1S/C20H16/c1-15-3-7-17(8-4-15)19-11-13-20(14-12-19)18-9-5-16(2)6-10-18/h3-14H,1-2H2. The molecule has 0 N–H and O–H groups in total. The van der Waals surface area contributed by atoms with E-state index in [2.05, 4.69) is 61.7 Å². The summed E-state index contributed by atoms with van der Waals surface area (Å²) in [6, 6.07) is 25.2. The third kappa shape index (κ3) is 2.55. The van der Waals surface area contributed by atoms with E-state index in [9.17, 15) is 0 Å². The van der Waals surface area contributed by atoms with Gasteiger partial charge in [-0.15, -0.1) is 0 Å². The van der Waals surface area contributed by atoms with E-state index in [0.29, 0.717) is 0 Å². The quantitative estimate of drug-likeness (QED) is 0.580. The SMILES string of the molecule is C=c1ccc(=c2ccc(=c3ccc(=C)cc3)cc2)cc1. The lowest BCUT2D eigenvalue weighted by molar-refractivity contribution is 1.42. The van der Waals surface area contributed by atoms with E-state index in [0.717, 1.165) is 10.4 Å². The summed E-state index contributed by atoms with van der Waals surface area (Å²) in [5.74, 6) is 0. The van der Waals surface area contributed by atoms with E-state index in [1.165, 1.54) is 20.9 Å². The number of hydrogen-bond acceptors (Lipinski definition) is 0. The van der Waals surface area contributed by atoms with Crippen LogP contribution in [0.1, 0.15) is 0 Å². The van der Waals surface area contributed by atoms with Gasteiger partial charge in [0.2, 0.25) is 0 Å². The Morgan fingerprint density at radius 2 is 0.550 bits per heavy atom. The molecule has 3 rings (SSSR count). The second-order valence-electron chi connectivity index (χ2n) is 4.97. The van der Waals surface area contributed by atoms with Crippen LogP contribution in [0, 0.1) is 20.9 Å². The van der Waals surface area contributed by atoms with Gasteiger partial charge in [-0.2, -0.15) is 0 Å². The van der Waals surface area contributed by atoms with Crippen molar-refractivity contribution in [3.05, 3.63) is 104 Å². The van der Waals surface area contributed by atoms with Crippen molar-refractivity contribution in [3.63, 3.8) is 0 Å². The molecular formula is C20H16. The lowest BCUT2D eigenvalue weighted by Gasteiger charge is -1.91. The first-order valence-electron chi connectivity index (χ1n) is 6.67. The summed E-state index contributed by atoms with van der Waals surface area (Å²) in [6.45, 7) is 7.82. The maximum atomic E-state index is 3.91. The minimum absolute atomic E-state index is 1.04. The molecule has 0 radical (unpaired) electrons. The fourth-order valence-electron chi connectivity index (χ4n) is 2.25. The number of benzene rings is 3. The van der Waals surface area contributed by atoms with Crippen LogP contribution in [-0.4, -0.2) is 0 Å². The molecule has 0 heterocycles.